The van der Waals surface area contributed by atoms with Crippen molar-refractivity contribution >= 4 is 35.5 Å². The first kappa shape index (κ1) is 10.6. The Bertz CT molecular complexity index is 212. The Morgan fingerprint density at radius 1 is 1.73 bits per heavy atom. The topological polar surface area (TPSA) is 70.1 Å². The van der Waals surface area contributed by atoms with Gasteiger partial charge < -0.3 is 10.6 Å². The number of carbonyl (C=O) groups excluding carboxylic acids is 1. The van der Waals surface area contributed by atoms with E-state index in [0.29, 0.717) is 0 Å². The minimum absolute atomic E-state index is 0. The molecule has 56 valence electrons. The van der Waals surface area contributed by atoms with Gasteiger partial charge in [-0.05, 0) is 0 Å². The normalized spacial score (nSPS) is 8.45. The summed E-state index contributed by atoms with van der Waals surface area (Å²) < 4.78 is 1.19. The molecule has 0 saturated carbocycles. The van der Waals surface area contributed by atoms with E-state index in [1.807, 2.05) is 0 Å². The third-order valence-electron chi connectivity index (χ3n) is 0.854. The van der Waals surface area contributed by atoms with E-state index in [0.717, 1.165) is 0 Å². The van der Waals surface area contributed by atoms with Crippen LogP contribution in [0.4, 0.5) is 0 Å². The zero-order chi connectivity index (χ0) is 7.40. The molecule has 0 bridgehead atoms. The second-order valence-corrected chi connectivity index (χ2v) is 1.59. The molecule has 2 N–H and O–H groups in total. The van der Waals surface area contributed by atoms with Gasteiger partial charge in [0.15, 0.2) is 0 Å². The van der Waals surface area contributed by atoms with Crippen molar-refractivity contribution in [2.45, 2.75) is 0 Å². The fraction of sp³-hybridized carbons (Fsp3) is 0.200. The van der Waals surface area contributed by atoms with Crippen molar-refractivity contribution in [3.8, 4) is 0 Å². The predicted octanol–water partition coefficient (Wildman–Crippen LogP) is -1.85. The zero-order valence-corrected chi connectivity index (χ0v) is 5.23. The fourth-order valence-corrected chi connectivity index (χ4v) is 0.456. The summed E-state index contributed by atoms with van der Waals surface area (Å²) in [5.41, 5.74) is 4.98. The molecule has 0 saturated heterocycles. The van der Waals surface area contributed by atoms with Gasteiger partial charge in [-0.1, -0.05) is 0 Å². The molecule has 0 aromatic carbocycles. The van der Waals surface area contributed by atoms with Crippen LogP contribution in [0.2, 0.25) is 0 Å². The quantitative estimate of drug-likeness (QED) is 0.522. The van der Waals surface area contributed by atoms with E-state index in [-0.39, 0.29) is 36.1 Å². The molecule has 0 atom stereocenters. The van der Waals surface area contributed by atoms with Gasteiger partial charge in [-0.15, -0.1) is 0 Å². The summed E-state index contributed by atoms with van der Waals surface area (Å²) >= 11 is 0. The van der Waals surface area contributed by atoms with Gasteiger partial charge in [0.2, 0.25) is 0 Å². The molecule has 0 radical (unpaired) electrons. The number of nitrogens with two attached hydrogens (primary N) is 1. The molecule has 1 heterocycles. The summed E-state index contributed by atoms with van der Waals surface area (Å²) in [6, 6.07) is 0. The van der Waals surface area contributed by atoms with Gasteiger partial charge in [-0.2, -0.15) is 4.73 Å². The van der Waals surface area contributed by atoms with E-state index in [1.165, 1.54) is 23.5 Å². The van der Waals surface area contributed by atoms with E-state index in [1.54, 1.807) is 0 Å². The molecule has 1 aromatic heterocycles. The number of rotatable bonds is 2. The first-order valence-electron chi connectivity index (χ1n) is 2.72. The van der Waals surface area contributed by atoms with Crippen LogP contribution in [0, 0.1) is 0 Å². The van der Waals surface area contributed by atoms with Crippen molar-refractivity contribution in [2.75, 3.05) is 6.54 Å². The van der Waals surface area contributed by atoms with Crippen LogP contribution in [0.15, 0.2) is 18.7 Å². The van der Waals surface area contributed by atoms with E-state index < -0.39 is 5.97 Å². The molecule has 1 aromatic rings. The summed E-state index contributed by atoms with van der Waals surface area (Å²) in [7, 11) is 0. The number of hydrogen-bond donors (Lipinski definition) is 1. The van der Waals surface area contributed by atoms with Crippen LogP contribution in [0.25, 0.3) is 0 Å². The molecule has 0 aliphatic carbocycles. The van der Waals surface area contributed by atoms with Crippen molar-refractivity contribution in [1.29, 1.82) is 0 Å². The molecule has 11 heavy (non-hydrogen) atoms. The Morgan fingerprint density at radius 2 is 2.45 bits per heavy atom. The Hall–Kier alpha value is -0.360. The summed E-state index contributed by atoms with van der Waals surface area (Å²) in [4.78, 5) is 18.7. The number of carbonyl (C=O) groups is 1. The van der Waals surface area contributed by atoms with E-state index >= 15 is 0 Å². The summed E-state index contributed by atoms with van der Waals surface area (Å²) in [6.45, 7) is -0.127. The van der Waals surface area contributed by atoms with Crippen molar-refractivity contribution in [1.82, 2.24) is 9.71 Å². The van der Waals surface area contributed by atoms with Gasteiger partial charge in [0.05, 0.1) is 12.7 Å². The number of imidazole rings is 1. The van der Waals surface area contributed by atoms with Crippen molar-refractivity contribution in [3.63, 3.8) is 0 Å². The van der Waals surface area contributed by atoms with E-state index in [2.05, 4.69) is 9.82 Å². The molecule has 0 unspecified atom stereocenters. The van der Waals surface area contributed by atoms with E-state index in [9.17, 15) is 4.79 Å². The Labute approximate surface area is 85.8 Å². The molecular weight excluding hydrogens is 157 g/mol. The third-order valence-corrected chi connectivity index (χ3v) is 0.854. The Balaban J connectivity index is 0.000001000. The average molecular weight is 165 g/mol. The molecule has 6 heteroatoms. The minimum atomic E-state index is -0.488. The number of aromatic nitrogens is 2. The monoisotopic (exact) mass is 165 g/mol. The summed E-state index contributed by atoms with van der Waals surface area (Å²) in [5, 5.41) is 0. The third kappa shape index (κ3) is 3.52. The van der Waals surface area contributed by atoms with Gasteiger partial charge >= 0.3 is 35.5 Å². The van der Waals surface area contributed by atoms with Gasteiger partial charge in [-0.25, -0.2) is 9.78 Å². The first-order chi connectivity index (χ1) is 4.83. The average Bonchev–Trinajstić information content (AvgIpc) is 2.40. The molecule has 5 nitrogen and oxygen atoms in total. The maximum atomic E-state index is 10.5. The Kier molecular flexibility index (Phi) is 5.14. The molecular formula is C5H8N3NaO2. The van der Waals surface area contributed by atoms with Crippen LogP contribution in [-0.2, 0) is 4.79 Å². The molecule has 0 amide bonds. The molecule has 0 fully saturated rings. The summed E-state index contributed by atoms with van der Waals surface area (Å²) in [5.74, 6) is -0.488. The maximum absolute atomic E-state index is 10.5. The molecule has 0 spiro atoms. The fourth-order valence-electron chi connectivity index (χ4n) is 0.456. The summed E-state index contributed by atoms with van der Waals surface area (Å²) in [6.07, 6.45) is 4.38. The van der Waals surface area contributed by atoms with Crippen LogP contribution in [0.3, 0.4) is 0 Å². The van der Waals surface area contributed by atoms with Crippen molar-refractivity contribution in [3.05, 3.63) is 18.7 Å². The van der Waals surface area contributed by atoms with Crippen LogP contribution >= 0.6 is 0 Å². The van der Waals surface area contributed by atoms with E-state index in [4.69, 9.17) is 5.73 Å². The van der Waals surface area contributed by atoms with Gasteiger partial charge in [0.1, 0.15) is 6.33 Å². The van der Waals surface area contributed by atoms with Crippen LogP contribution < -0.4 is 10.6 Å². The second kappa shape index (κ2) is 5.31. The predicted molar refractivity (Wildman–Crippen MR) is 40.0 cm³/mol. The molecule has 1 rings (SSSR count). The number of nitrogens with zero attached hydrogens (tertiary/aromatic N) is 2. The zero-order valence-electron chi connectivity index (χ0n) is 5.23. The number of hydrogen-bond acceptors (Lipinski definition) is 4. The van der Waals surface area contributed by atoms with Crippen molar-refractivity contribution < 1.29 is 9.63 Å². The standard InChI is InChI=1S/C5H7N3O2.Na.H/c6-3-5(9)10-8-2-1-7-4-8;;/h1-2,4H,3,6H2;;. The molecule has 0 aliphatic heterocycles. The van der Waals surface area contributed by atoms with Crippen LogP contribution in [-0.4, -0.2) is 51.8 Å². The second-order valence-electron chi connectivity index (χ2n) is 1.59. The SMILES string of the molecule is NCC(=O)On1ccnc1.[NaH]. The van der Waals surface area contributed by atoms with Crippen LogP contribution in [0.5, 0.6) is 0 Å². The first-order valence-corrected chi connectivity index (χ1v) is 2.72. The Morgan fingerprint density at radius 3 is 2.91 bits per heavy atom. The van der Waals surface area contributed by atoms with Gasteiger partial charge in [0, 0.05) is 6.20 Å². The molecule has 0 aliphatic rings. The van der Waals surface area contributed by atoms with Gasteiger partial charge in [-0.3, -0.25) is 0 Å². The van der Waals surface area contributed by atoms with Gasteiger partial charge in [0.25, 0.3) is 0 Å². The van der Waals surface area contributed by atoms with Crippen LogP contribution in [0.1, 0.15) is 0 Å². The van der Waals surface area contributed by atoms with Crippen molar-refractivity contribution in [2.24, 2.45) is 5.73 Å².